The number of rotatable bonds is 6. The first-order valence-electron chi connectivity index (χ1n) is 9.41. The Morgan fingerprint density at radius 3 is 2.61 bits per heavy atom. The van der Waals surface area contributed by atoms with E-state index in [0.29, 0.717) is 24.4 Å². The van der Waals surface area contributed by atoms with Crippen LogP contribution in [0.1, 0.15) is 24.0 Å². The van der Waals surface area contributed by atoms with E-state index in [0.717, 1.165) is 19.1 Å². The molecule has 1 amide bonds. The number of hydrogen-bond acceptors (Lipinski definition) is 4. The number of hydrogen-bond donors (Lipinski definition) is 1. The summed E-state index contributed by atoms with van der Waals surface area (Å²) in [6.45, 7) is 2.81. The van der Waals surface area contributed by atoms with Crippen molar-refractivity contribution < 1.29 is 17.9 Å². The van der Waals surface area contributed by atoms with Crippen molar-refractivity contribution in [1.29, 1.82) is 0 Å². The van der Waals surface area contributed by atoms with Crippen LogP contribution in [0.2, 0.25) is 0 Å². The number of anilines is 1. The Hall–Kier alpha value is -2.54. The molecule has 150 valence electrons. The van der Waals surface area contributed by atoms with Gasteiger partial charge in [0.25, 0.3) is 5.91 Å². The number of sulfonamides is 1. The van der Waals surface area contributed by atoms with Crippen LogP contribution in [0.5, 0.6) is 5.75 Å². The molecular formula is C21H26N2O4S. The molecule has 3 rings (SSSR count). The van der Waals surface area contributed by atoms with Crippen LogP contribution in [0.4, 0.5) is 5.69 Å². The maximum Gasteiger partial charge on any atom is 0.261 e. The predicted octanol–water partition coefficient (Wildman–Crippen LogP) is 2.66. The summed E-state index contributed by atoms with van der Waals surface area (Å²) >= 11 is 0. The van der Waals surface area contributed by atoms with E-state index in [2.05, 4.69) is 36.5 Å². The van der Waals surface area contributed by atoms with Crippen LogP contribution in [0.3, 0.4) is 0 Å². The number of aryl methyl sites for hydroxylation is 2. The maximum atomic E-state index is 12.6. The van der Waals surface area contributed by atoms with E-state index in [-0.39, 0.29) is 12.5 Å². The largest absolute Gasteiger partial charge is 0.478 e. The Morgan fingerprint density at radius 2 is 1.89 bits per heavy atom. The maximum absolute atomic E-state index is 12.6. The topological polar surface area (TPSA) is 75.7 Å². The zero-order chi connectivity index (χ0) is 20.1. The number of carbonyl (C=O) groups is 1. The highest BCUT2D eigenvalue weighted by atomic mass is 32.2. The first kappa shape index (κ1) is 20.2. The molecule has 0 aromatic heterocycles. The zero-order valence-electron chi connectivity index (χ0n) is 16.2. The normalized spacial score (nSPS) is 16.6. The third-order valence-electron chi connectivity index (χ3n) is 4.75. The van der Waals surface area contributed by atoms with Crippen molar-refractivity contribution in [3.05, 3.63) is 59.7 Å². The Balaban J connectivity index is 1.58. The number of nitrogens with one attached hydrogen (secondary N) is 1. The average Bonchev–Trinajstić information content (AvgIpc) is 2.86. The third kappa shape index (κ3) is 5.04. The lowest BCUT2D eigenvalue weighted by Gasteiger charge is -2.20. The minimum Gasteiger partial charge on any atom is -0.478 e. The van der Waals surface area contributed by atoms with Gasteiger partial charge in [0.15, 0.2) is 6.10 Å². The summed E-state index contributed by atoms with van der Waals surface area (Å²) in [5.41, 5.74) is 2.94. The van der Waals surface area contributed by atoms with Crippen LogP contribution in [0.15, 0.2) is 48.5 Å². The van der Waals surface area contributed by atoms with Gasteiger partial charge in [-0.15, -0.1) is 0 Å². The van der Waals surface area contributed by atoms with E-state index in [1.165, 1.54) is 15.4 Å². The summed E-state index contributed by atoms with van der Waals surface area (Å²) in [5, 5.41) is 2.91. The molecule has 0 fully saturated rings. The number of amides is 1. The van der Waals surface area contributed by atoms with Gasteiger partial charge in [-0.1, -0.05) is 42.0 Å². The van der Waals surface area contributed by atoms with E-state index in [1.807, 2.05) is 0 Å². The second-order valence-electron chi connectivity index (χ2n) is 7.08. The third-order valence-corrected chi connectivity index (χ3v) is 5.93. The average molecular weight is 403 g/mol. The second-order valence-corrected chi connectivity index (χ2v) is 8.99. The molecule has 7 heteroatoms. The van der Waals surface area contributed by atoms with Crippen molar-refractivity contribution in [1.82, 2.24) is 5.32 Å². The van der Waals surface area contributed by atoms with E-state index >= 15 is 0 Å². The lowest BCUT2D eigenvalue weighted by Crippen LogP contribution is -2.40. The van der Waals surface area contributed by atoms with Crippen LogP contribution in [-0.4, -0.2) is 39.8 Å². The second kappa shape index (κ2) is 8.65. The number of fused-ring (bicyclic) bond motifs is 1. The van der Waals surface area contributed by atoms with Gasteiger partial charge in [0, 0.05) is 19.5 Å². The van der Waals surface area contributed by atoms with E-state index < -0.39 is 16.1 Å². The van der Waals surface area contributed by atoms with E-state index in [9.17, 15) is 13.2 Å². The monoisotopic (exact) mass is 402 g/mol. The highest BCUT2D eigenvalue weighted by Crippen LogP contribution is 2.33. The van der Waals surface area contributed by atoms with Crippen LogP contribution in [-0.2, 0) is 21.2 Å². The Labute approximate surface area is 166 Å². The summed E-state index contributed by atoms with van der Waals surface area (Å²) < 4.78 is 31.4. The summed E-state index contributed by atoms with van der Waals surface area (Å²) in [4.78, 5) is 12.6. The molecule has 1 atom stereocenters. The molecular weight excluding hydrogens is 376 g/mol. The molecule has 0 radical (unpaired) electrons. The fourth-order valence-electron chi connectivity index (χ4n) is 3.23. The first-order chi connectivity index (χ1) is 13.3. The van der Waals surface area contributed by atoms with Crippen molar-refractivity contribution in [2.24, 2.45) is 0 Å². The molecule has 6 nitrogen and oxygen atoms in total. The Kier molecular flexibility index (Phi) is 6.24. The molecule has 1 heterocycles. The smallest absolute Gasteiger partial charge is 0.261 e. The molecule has 0 bridgehead atoms. The summed E-state index contributed by atoms with van der Waals surface area (Å²) in [5.74, 6) is 0.194. The molecule has 28 heavy (non-hydrogen) atoms. The molecule has 1 unspecified atom stereocenters. The number of ether oxygens (including phenoxy) is 1. The highest BCUT2D eigenvalue weighted by Gasteiger charge is 2.30. The lowest BCUT2D eigenvalue weighted by atomic mass is 10.1. The van der Waals surface area contributed by atoms with Crippen molar-refractivity contribution in [3.8, 4) is 5.75 Å². The lowest BCUT2D eigenvalue weighted by molar-refractivity contribution is -0.128. The number of para-hydroxylation sites is 2. The van der Waals surface area contributed by atoms with Crippen LogP contribution >= 0.6 is 0 Å². The van der Waals surface area contributed by atoms with Gasteiger partial charge in [0.1, 0.15) is 5.75 Å². The van der Waals surface area contributed by atoms with Crippen molar-refractivity contribution >= 4 is 21.6 Å². The van der Waals surface area contributed by atoms with Gasteiger partial charge >= 0.3 is 0 Å². The van der Waals surface area contributed by atoms with Gasteiger partial charge in [0.05, 0.1) is 11.9 Å². The quantitative estimate of drug-likeness (QED) is 0.754. The fourth-order valence-corrected chi connectivity index (χ4v) is 4.18. The summed E-state index contributed by atoms with van der Waals surface area (Å²) in [7, 11) is -3.44. The molecule has 2 aromatic carbocycles. The van der Waals surface area contributed by atoms with Gasteiger partial charge in [-0.25, -0.2) is 8.42 Å². The first-order valence-corrected chi connectivity index (χ1v) is 11.3. The van der Waals surface area contributed by atoms with Gasteiger partial charge in [-0.05, 0) is 37.5 Å². The molecule has 0 aliphatic carbocycles. The van der Waals surface area contributed by atoms with Crippen molar-refractivity contribution in [2.45, 2.75) is 32.3 Å². The van der Waals surface area contributed by atoms with Gasteiger partial charge < -0.3 is 10.1 Å². The van der Waals surface area contributed by atoms with Crippen LogP contribution in [0.25, 0.3) is 0 Å². The fraction of sp³-hybridized carbons (Fsp3) is 0.381. The van der Waals surface area contributed by atoms with Crippen LogP contribution < -0.4 is 14.4 Å². The molecule has 0 saturated heterocycles. The van der Waals surface area contributed by atoms with Crippen molar-refractivity contribution in [2.75, 3.05) is 23.7 Å². The minimum atomic E-state index is -3.44. The number of carbonyl (C=O) groups excluding carboxylic acids is 1. The molecule has 0 saturated carbocycles. The Bertz CT molecular complexity index is 926. The number of nitrogens with zero attached hydrogens (tertiary/aromatic N) is 1. The van der Waals surface area contributed by atoms with E-state index in [1.54, 1.807) is 24.3 Å². The highest BCUT2D eigenvalue weighted by molar-refractivity contribution is 7.92. The SMILES string of the molecule is Cc1ccc(CCCNC(=O)C2CCN(S(C)(=O)=O)c3ccccc3O2)cc1. The predicted molar refractivity (Wildman–Crippen MR) is 110 cm³/mol. The molecule has 1 N–H and O–H groups in total. The van der Waals surface area contributed by atoms with Crippen LogP contribution in [0, 0.1) is 6.92 Å². The zero-order valence-corrected chi connectivity index (χ0v) is 17.0. The minimum absolute atomic E-state index is 0.206. The number of benzene rings is 2. The molecule has 1 aliphatic heterocycles. The Morgan fingerprint density at radius 1 is 1.18 bits per heavy atom. The molecule has 0 spiro atoms. The van der Waals surface area contributed by atoms with Crippen molar-refractivity contribution in [3.63, 3.8) is 0 Å². The summed E-state index contributed by atoms with van der Waals surface area (Å²) in [6, 6.07) is 15.3. The van der Waals surface area contributed by atoms with Gasteiger partial charge in [-0.3, -0.25) is 9.10 Å². The molecule has 1 aliphatic rings. The van der Waals surface area contributed by atoms with Gasteiger partial charge in [0.2, 0.25) is 10.0 Å². The van der Waals surface area contributed by atoms with Gasteiger partial charge in [-0.2, -0.15) is 0 Å². The van der Waals surface area contributed by atoms with E-state index in [4.69, 9.17) is 4.74 Å². The standard InChI is InChI=1S/C21H26N2O4S/c1-16-9-11-17(12-10-16)6-5-14-22-21(24)20-13-15-23(28(2,25)26)18-7-3-4-8-19(18)27-20/h3-4,7-12,20H,5-6,13-15H2,1-2H3,(H,22,24). The summed E-state index contributed by atoms with van der Waals surface area (Å²) in [6.07, 6.45) is 2.46. The molecule has 2 aromatic rings.